The molecule has 0 aromatic rings. The molecule has 0 amide bonds. The third-order valence-corrected chi connectivity index (χ3v) is 5.84. The molecule has 0 N–H and O–H groups in total. The van der Waals surface area contributed by atoms with Crippen molar-refractivity contribution in [2.24, 2.45) is 5.92 Å². The maximum Gasteiger partial charge on any atom is 0.158 e. The highest BCUT2D eigenvalue weighted by molar-refractivity contribution is 7.94. The Morgan fingerprint density at radius 3 is 1.90 bits per heavy atom. The Balaban J connectivity index is 2.31. The van der Waals surface area contributed by atoms with Crippen molar-refractivity contribution in [1.29, 1.82) is 0 Å². The number of fused-ring (bicyclic) bond motifs is 1. The molecule has 2 fully saturated rings. The summed E-state index contributed by atoms with van der Waals surface area (Å²) in [5.74, 6) is 0.555. The highest BCUT2D eigenvalue weighted by Gasteiger charge is 2.77. The zero-order valence-corrected chi connectivity index (χ0v) is 7.11. The minimum absolute atomic E-state index is 0.167. The number of hydrogen-bond donors (Lipinski definition) is 0. The fraction of sp³-hybridized carbons (Fsp3) is 1.00. The summed E-state index contributed by atoms with van der Waals surface area (Å²) in [6.45, 7) is 3.55. The second-order valence-corrected chi connectivity index (χ2v) is 6.61. The largest absolute Gasteiger partial charge is 0.228 e. The van der Waals surface area contributed by atoms with Gasteiger partial charge in [-0.3, -0.25) is 0 Å². The summed E-state index contributed by atoms with van der Waals surface area (Å²) >= 11 is 0. The molecule has 10 heavy (non-hydrogen) atoms. The van der Waals surface area contributed by atoms with E-state index in [-0.39, 0.29) is 10.00 Å². The normalized spacial score (nSPS) is 43.3. The average molecular weight is 160 g/mol. The lowest BCUT2D eigenvalue weighted by molar-refractivity contribution is 0.578. The summed E-state index contributed by atoms with van der Waals surface area (Å²) in [5.41, 5.74) is 0. The Bertz CT molecular complexity index is 257. The van der Waals surface area contributed by atoms with Gasteiger partial charge in [0, 0.05) is 0 Å². The Labute approximate surface area is 61.5 Å². The van der Waals surface area contributed by atoms with Crippen LogP contribution in [-0.2, 0) is 9.84 Å². The molecule has 2 aliphatic rings. The molecule has 2 rings (SSSR count). The summed E-state index contributed by atoms with van der Waals surface area (Å²) in [4.78, 5) is 0. The van der Waals surface area contributed by atoms with Gasteiger partial charge in [0.1, 0.15) is 0 Å². The Morgan fingerprint density at radius 1 is 1.40 bits per heavy atom. The van der Waals surface area contributed by atoms with Crippen LogP contribution >= 0.6 is 0 Å². The van der Waals surface area contributed by atoms with E-state index < -0.39 is 9.84 Å². The van der Waals surface area contributed by atoms with Crippen molar-refractivity contribution in [3.05, 3.63) is 0 Å². The monoisotopic (exact) mass is 160 g/mol. The van der Waals surface area contributed by atoms with Gasteiger partial charge >= 0.3 is 0 Å². The van der Waals surface area contributed by atoms with E-state index in [2.05, 4.69) is 0 Å². The van der Waals surface area contributed by atoms with Gasteiger partial charge in [0.2, 0.25) is 0 Å². The second-order valence-electron chi connectivity index (χ2n) is 3.76. The van der Waals surface area contributed by atoms with E-state index in [0.717, 1.165) is 12.8 Å². The zero-order chi connectivity index (χ0) is 7.57. The van der Waals surface area contributed by atoms with Crippen molar-refractivity contribution in [3.8, 4) is 0 Å². The first-order chi connectivity index (χ1) is 4.51. The SMILES string of the molecule is CC(C)S(=O)(=O)C12CC1C2. The van der Waals surface area contributed by atoms with Gasteiger partial charge in [-0.15, -0.1) is 0 Å². The first-order valence-electron chi connectivity index (χ1n) is 3.74. The lowest BCUT2D eigenvalue weighted by Crippen LogP contribution is -2.23. The molecule has 2 saturated carbocycles. The molecular formula is C7H12O2S. The van der Waals surface area contributed by atoms with Gasteiger partial charge in [-0.25, -0.2) is 8.42 Å². The minimum atomic E-state index is -2.73. The summed E-state index contributed by atoms with van der Waals surface area (Å²) in [6, 6.07) is 0. The molecule has 0 atom stereocenters. The lowest BCUT2D eigenvalue weighted by atomic mass is 10.4. The molecule has 0 unspecified atom stereocenters. The number of rotatable bonds is 2. The van der Waals surface area contributed by atoms with E-state index in [1.165, 1.54) is 0 Å². The van der Waals surface area contributed by atoms with Crippen molar-refractivity contribution in [2.45, 2.75) is 36.7 Å². The van der Waals surface area contributed by atoms with E-state index in [4.69, 9.17) is 0 Å². The van der Waals surface area contributed by atoms with Gasteiger partial charge in [-0.2, -0.15) is 0 Å². The minimum Gasteiger partial charge on any atom is -0.228 e. The van der Waals surface area contributed by atoms with Crippen LogP contribution in [0.2, 0.25) is 0 Å². The third kappa shape index (κ3) is 0.529. The van der Waals surface area contributed by atoms with Crippen molar-refractivity contribution < 1.29 is 8.42 Å². The molecule has 0 saturated heterocycles. The van der Waals surface area contributed by atoms with Gasteiger partial charge in [-0.1, -0.05) is 0 Å². The molecule has 58 valence electrons. The lowest BCUT2D eigenvalue weighted by Gasteiger charge is -2.08. The highest BCUT2D eigenvalue weighted by atomic mass is 32.2. The molecule has 0 heterocycles. The Morgan fingerprint density at radius 2 is 1.80 bits per heavy atom. The molecule has 0 bridgehead atoms. The van der Waals surface area contributed by atoms with Crippen LogP contribution in [0.5, 0.6) is 0 Å². The van der Waals surface area contributed by atoms with Gasteiger partial charge < -0.3 is 0 Å². The topological polar surface area (TPSA) is 34.1 Å². The zero-order valence-electron chi connectivity index (χ0n) is 6.29. The molecule has 0 aliphatic heterocycles. The van der Waals surface area contributed by atoms with Crippen LogP contribution in [0.3, 0.4) is 0 Å². The van der Waals surface area contributed by atoms with Crippen LogP contribution in [0.1, 0.15) is 26.7 Å². The maximum absolute atomic E-state index is 11.5. The van der Waals surface area contributed by atoms with Gasteiger partial charge in [0.25, 0.3) is 0 Å². The summed E-state index contributed by atoms with van der Waals surface area (Å²) in [5, 5.41) is -0.167. The molecule has 0 aromatic heterocycles. The summed E-state index contributed by atoms with van der Waals surface area (Å²) < 4.78 is 22.7. The Hall–Kier alpha value is -0.0500. The van der Waals surface area contributed by atoms with Gasteiger partial charge in [-0.05, 0) is 32.6 Å². The first-order valence-corrected chi connectivity index (χ1v) is 5.29. The molecule has 2 nitrogen and oxygen atoms in total. The number of sulfone groups is 1. The fourth-order valence-corrected chi connectivity index (χ4v) is 3.86. The maximum atomic E-state index is 11.5. The smallest absolute Gasteiger partial charge is 0.158 e. The van der Waals surface area contributed by atoms with Crippen LogP contribution in [0.15, 0.2) is 0 Å². The highest BCUT2D eigenvalue weighted by Crippen LogP contribution is 2.72. The standard InChI is InChI=1S/C7H12O2S/c1-5(2)10(8,9)7-3-6(7)4-7/h5-6H,3-4H2,1-2H3. The molecule has 0 spiro atoms. The van der Waals surface area contributed by atoms with Gasteiger partial charge in [0.15, 0.2) is 9.84 Å². The van der Waals surface area contributed by atoms with Crippen LogP contribution in [0.4, 0.5) is 0 Å². The second kappa shape index (κ2) is 1.42. The van der Waals surface area contributed by atoms with Crippen LogP contribution in [0.25, 0.3) is 0 Å². The van der Waals surface area contributed by atoms with Crippen molar-refractivity contribution in [2.75, 3.05) is 0 Å². The molecule has 0 radical (unpaired) electrons. The Kier molecular flexibility index (Phi) is 0.945. The molecule has 3 heteroatoms. The van der Waals surface area contributed by atoms with Crippen LogP contribution in [-0.4, -0.2) is 18.4 Å². The van der Waals surface area contributed by atoms with Crippen molar-refractivity contribution >= 4 is 9.84 Å². The van der Waals surface area contributed by atoms with E-state index in [1.807, 2.05) is 0 Å². The molecular weight excluding hydrogens is 148 g/mol. The van der Waals surface area contributed by atoms with Crippen LogP contribution in [0, 0.1) is 5.92 Å². The van der Waals surface area contributed by atoms with E-state index in [9.17, 15) is 8.42 Å². The van der Waals surface area contributed by atoms with Crippen molar-refractivity contribution in [1.82, 2.24) is 0 Å². The van der Waals surface area contributed by atoms with Gasteiger partial charge in [0.05, 0.1) is 10.00 Å². The predicted molar refractivity (Wildman–Crippen MR) is 39.5 cm³/mol. The average Bonchev–Trinajstić information content (AvgIpc) is 2.43. The molecule has 0 aromatic carbocycles. The van der Waals surface area contributed by atoms with Crippen molar-refractivity contribution in [3.63, 3.8) is 0 Å². The number of hydrogen-bond acceptors (Lipinski definition) is 2. The van der Waals surface area contributed by atoms with Crippen LogP contribution < -0.4 is 0 Å². The summed E-state index contributed by atoms with van der Waals surface area (Å²) in [6.07, 6.45) is 1.90. The van der Waals surface area contributed by atoms with E-state index in [0.29, 0.717) is 5.92 Å². The quantitative estimate of drug-likeness (QED) is 0.603. The van der Waals surface area contributed by atoms with E-state index in [1.54, 1.807) is 13.8 Å². The fourth-order valence-electron chi connectivity index (χ4n) is 1.59. The third-order valence-electron chi connectivity index (χ3n) is 2.79. The molecule has 2 aliphatic carbocycles. The first kappa shape index (κ1) is 6.65. The summed E-state index contributed by atoms with van der Waals surface area (Å²) in [7, 11) is -2.73. The predicted octanol–water partition coefficient (Wildman–Crippen LogP) is 0.972. The van der Waals surface area contributed by atoms with E-state index >= 15 is 0 Å².